The van der Waals surface area contributed by atoms with Crippen molar-refractivity contribution in [3.8, 4) is 0 Å². The molecule has 0 amide bonds. The average molecular weight is 280 g/mol. The molecule has 0 aliphatic carbocycles. The Morgan fingerprint density at radius 3 is 3.06 bits per heavy atom. The molecule has 1 aliphatic heterocycles. The Morgan fingerprint density at radius 1 is 1.44 bits per heavy atom. The van der Waals surface area contributed by atoms with Crippen molar-refractivity contribution < 1.29 is 0 Å². The van der Waals surface area contributed by atoms with E-state index >= 15 is 0 Å². The molecule has 1 saturated heterocycles. The van der Waals surface area contributed by atoms with Crippen molar-refractivity contribution >= 4 is 26.8 Å². The van der Waals surface area contributed by atoms with Gasteiger partial charge in [0.1, 0.15) is 0 Å². The molecule has 0 unspecified atom stereocenters. The summed E-state index contributed by atoms with van der Waals surface area (Å²) in [6.07, 6.45) is 3.16. The Hall–Kier alpha value is -0.870. The number of fused-ring (bicyclic) bond motifs is 1. The molecule has 2 heterocycles. The van der Waals surface area contributed by atoms with Crippen LogP contribution in [0.1, 0.15) is 6.42 Å². The van der Waals surface area contributed by atoms with Crippen molar-refractivity contribution in [2.24, 2.45) is 5.92 Å². The van der Waals surface area contributed by atoms with Gasteiger partial charge in [-0.2, -0.15) is 5.10 Å². The highest BCUT2D eigenvalue weighted by Gasteiger charge is 2.17. The zero-order valence-electron chi connectivity index (χ0n) is 8.99. The predicted molar refractivity (Wildman–Crippen MR) is 68.4 cm³/mol. The fraction of sp³-hybridized carbons (Fsp3) is 0.417. The van der Waals surface area contributed by atoms with Gasteiger partial charge in [-0.05, 0) is 47.4 Å². The normalized spacial score (nSPS) is 16.6. The van der Waals surface area contributed by atoms with E-state index in [-0.39, 0.29) is 0 Å². The van der Waals surface area contributed by atoms with Gasteiger partial charge in [0.25, 0.3) is 0 Å². The van der Waals surface area contributed by atoms with Crippen LogP contribution in [-0.2, 0) is 6.54 Å². The van der Waals surface area contributed by atoms with E-state index in [4.69, 9.17) is 0 Å². The van der Waals surface area contributed by atoms with Gasteiger partial charge in [-0.3, -0.25) is 4.68 Å². The summed E-state index contributed by atoms with van der Waals surface area (Å²) in [5, 5.41) is 8.96. The first-order chi connectivity index (χ1) is 7.84. The van der Waals surface area contributed by atoms with E-state index in [9.17, 15) is 0 Å². The second kappa shape index (κ2) is 4.18. The van der Waals surface area contributed by atoms with Gasteiger partial charge >= 0.3 is 0 Å². The first-order valence-corrected chi connectivity index (χ1v) is 6.44. The van der Waals surface area contributed by atoms with Crippen molar-refractivity contribution in [2.75, 3.05) is 13.1 Å². The number of aryl methyl sites for hydroxylation is 1. The van der Waals surface area contributed by atoms with Gasteiger partial charge in [0.15, 0.2) is 0 Å². The molecule has 3 rings (SSSR count). The van der Waals surface area contributed by atoms with E-state index in [1.807, 2.05) is 12.3 Å². The van der Waals surface area contributed by atoms with E-state index in [2.05, 4.69) is 43.2 Å². The molecule has 16 heavy (non-hydrogen) atoms. The number of halogens is 1. The van der Waals surface area contributed by atoms with Crippen LogP contribution >= 0.6 is 15.9 Å². The lowest BCUT2D eigenvalue weighted by Gasteiger charge is -2.26. The number of rotatable bonds is 3. The van der Waals surface area contributed by atoms with E-state index < -0.39 is 0 Å². The molecule has 84 valence electrons. The smallest absolute Gasteiger partial charge is 0.0824 e. The molecule has 2 aromatic rings. The molecule has 0 saturated carbocycles. The molecule has 1 N–H and O–H groups in total. The fourth-order valence-electron chi connectivity index (χ4n) is 2.13. The van der Waals surface area contributed by atoms with Gasteiger partial charge in [-0.25, -0.2) is 0 Å². The van der Waals surface area contributed by atoms with Gasteiger partial charge in [-0.15, -0.1) is 0 Å². The molecular formula is C12H14BrN3. The highest BCUT2D eigenvalue weighted by atomic mass is 79.9. The first-order valence-electron chi connectivity index (χ1n) is 5.65. The number of nitrogens with zero attached hydrogens (tertiary/aromatic N) is 2. The highest BCUT2D eigenvalue weighted by Crippen LogP contribution is 2.24. The summed E-state index contributed by atoms with van der Waals surface area (Å²) in [5.41, 5.74) is 1.22. The molecule has 4 heteroatoms. The standard InChI is InChI=1S/C12H14BrN3/c13-11-3-1-2-10-8-15-16(12(10)11)5-4-9-6-14-7-9/h1-3,8-9,14H,4-7H2. The van der Waals surface area contributed by atoms with E-state index in [0.29, 0.717) is 0 Å². The zero-order chi connectivity index (χ0) is 11.0. The van der Waals surface area contributed by atoms with Gasteiger partial charge < -0.3 is 5.32 Å². The van der Waals surface area contributed by atoms with Crippen LogP contribution in [0.2, 0.25) is 0 Å². The monoisotopic (exact) mass is 279 g/mol. The van der Waals surface area contributed by atoms with E-state index in [0.717, 1.165) is 16.9 Å². The molecule has 3 nitrogen and oxygen atoms in total. The minimum atomic E-state index is 0.835. The van der Waals surface area contributed by atoms with Crippen LogP contribution in [0.3, 0.4) is 0 Å². The number of hydrogen-bond acceptors (Lipinski definition) is 2. The van der Waals surface area contributed by atoms with Crippen molar-refractivity contribution in [1.29, 1.82) is 0 Å². The summed E-state index contributed by atoms with van der Waals surface area (Å²) >= 11 is 3.59. The Labute approximate surface area is 103 Å². The lowest BCUT2D eigenvalue weighted by molar-refractivity contribution is 0.308. The number of benzene rings is 1. The number of para-hydroxylation sites is 1. The molecular weight excluding hydrogens is 266 g/mol. The summed E-state index contributed by atoms with van der Waals surface area (Å²) in [4.78, 5) is 0. The fourth-order valence-corrected chi connectivity index (χ4v) is 2.71. The lowest BCUT2D eigenvalue weighted by Crippen LogP contribution is -2.42. The molecule has 1 aromatic heterocycles. The van der Waals surface area contributed by atoms with Crippen LogP contribution in [-0.4, -0.2) is 22.9 Å². The summed E-state index contributed by atoms with van der Waals surface area (Å²) < 4.78 is 3.24. The average Bonchev–Trinajstić information content (AvgIpc) is 2.61. The van der Waals surface area contributed by atoms with Crippen LogP contribution in [0.15, 0.2) is 28.9 Å². The summed E-state index contributed by atoms with van der Waals surface area (Å²) in [7, 11) is 0. The van der Waals surface area contributed by atoms with E-state index in [1.165, 1.54) is 30.4 Å². The van der Waals surface area contributed by atoms with Crippen LogP contribution in [0.25, 0.3) is 10.9 Å². The minimum Gasteiger partial charge on any atom is -0.316 e. The predicted octanol–water partition coefficient (Wildman–Crippen LogP) is 2.41. The maximum atomic E-state index is 4.45. The number of aromatic nitrogens is 2. The Bertz CT molecular complexity index is 502. The van der Waals surface area contributed by atoms with Gasteiger partial charge in [-0.1, -0.05) is 12.1 Å². The minimum absolute atomic E-state index is 0.835. The Morgan fingerprint density at radius 2 is 2.31 bits per heavy atom. The SMILES string of the molecule is Brc1cccc2cnn(CCC3CNC3)c12. The number of nitrogens with one attached hydrogen (secondary N) is 1. The third-order valence-electron chi connectivity index (χ3n) is 3.23. The lowest BCUT2D eigenvalue weighted by atomic mass is 10.00. The van der Waals surface area contributed by atoms with E-state index in [1.54, 1.807) is 0 Å². The largest absolute Gasteiger partial charge is 0.316 e. The molecule has 1 aromatic carbocycles. The number of hydrogen-bond donors (Lipinski definition) is 1. The van der Waals surface area contributed by atoms with Crippen molar-refractivity contribution in [2.45, 2.75) is 13.0 Å². The van der Waals surface area contributed by atoms with Crippen LogP contribution in [0.5, 0.6) is 0 Å². The van der Waals surface area contributed by atoms with Gasteiger partial charge in [0, 0.05) is 16.4 Å². The highest BCUT2D eigenvalue weighted by molar-refractivity contribution is 9.10. The van der Waals surface area contributed by atoms with Crippen LogP contribution < -0.4 is 5.32 Å². The second-order valence-corrected chi connectivity index (χ2v) is 5.21. The topological polar surface area (TPSA) is 29.9 Å². The quantitative estimate of drug-likeness (QED) is 0.935. The maximum Gasteiger partial charge on any atom is 0.0824 e. The van der Waals surface area contributed by atoms with Crippen molar-refractivity contribution in [3.63, 3.8) is 0 Å². The van der Waals surface area contributed by atoms with Crippen LogP contribution in [0.4, 0.5) is 0 Å². The Kier molecular flexibility index (Phi) is 2.69. The maximum absolute atomic E-state index is 4.45. The van der Waals surface area contributed by atoms with Gasteiger partial charge in [0.2, 0.25) is 0 Å². The third-order valence-corrected chi connectivity index (χ3v) is 3.87. The summed E-state index contributed by atoms with van der Waals surface area (Å²) in [5.74, 6) is 0.835. The molecule has 1 fully saturated rings. The van der Waals surface area contributed by atoms with Crippen molar-refractivity contribution in [3.05, 3.63) is 28.9 Å². The molecule has 1 aliphatic rings. The van der Waals surface area contributed by atoms with Gasteiger partial charge in [0.05, 0.1) is 11.7 Å². The zero-order valence-corrected chi connectivity index (χ0v) is 10.6. The van der Waals surface area contributed by atoms with Crippen molar-refractivity contribution in [1.82, 2.24) is 15.1 Å². The summed E-state index contributed by atoms with van der Waals surface area (Å²) in [6, 6.07) is 6.23. The molecule has 0 atom stereocenters. The first kappa shape index (κ1) is 10.3. The Balaban J connectivity index is 1.85. The molecule has 0 bridgehead atoms. The van der Waals surface area contributed by atoms with Crippen LogP contribution in [0, 0.1) is 5.92 Å². The molecule has 0 radical (unpaired) electrons. The third kappa shape index (κ3) is 1.76. The second-order valence-electron chi connectivity index (χ2n) is 4.36. The summed E-state index contributed by atoms with van der Waals surface area (Å²) in [6.45, 7) is 3.35. The molecule has 0 spiro atoms.